The van der Waals surface area contributed by atoms with Gasteiger partial charge in [0, 0.05) is 11.1 Å². The Morgan fingerprint density at radius 1 is 0.906 bits per heavy atom. The number of hydrogen-bond donors (Lipinski definition) is 2. The lowest BCUT2D eigenvalue weighted by Crippen LogP contribution is -2.38. The van der Waals surface area contributed by atoms with Crippen LogP contribution in [0.15, 0.2) is 4.90 Å². The smallest absolute Gasteiger partial charge is 0.298 e. The fourth-order valence-electron chi connectivity index (χ4n) is 6.30. The van der Waals surface area contributed by atoms with Gasteiger partial charge in [-0.2, -0.15) is 8.42 Å². The first-order chi connectivity index (χ1) is 14.2. The van der Waals surface area contributed by atoms with E-state index in [0.717, 1.165) is 12.8 Å². The second-order valence-corrected chi connectivity index (χ2v) is 13.4. The van der Waals surface area contributed by atoms with E-state index in [-0.39, 0.29) is 33.1 Å². The summed E-state index contributed by atoms with van der Waals surface area (Å²) >= 11 is 0. The molecule has 1 unspecified atom stereocenters. The topological polar surface area (TPSA) is 93.1 Å². The van der Waals surface area contributed by atoms with Gasteiger partial charge in [-0.25, -0.2) is 0 Å². The fraction of sp³-hybridized carbons (Fsp3) is 0.760. The van der Waals surface area contributed by atoms with Crippen molar-refractivity contribution < 1.29 is 27.6 Å². The maximum Gasteiger partial charge on any atom is 0.298 e. The maximum atomic E-state index is 12.7. The van der Waals surface area contributed by atoms with Crippen molar-refractivity contribution in [2.45, 2.75) is 92.9 Å². The van der Waals surface area contributed by atoms with Gasteiger partial charge < -0.3 is 14.6 Å². The third-order valence-electron chi connectivity index (χ3n) is 6.04. The van der Waals surface area contributed by atoms with E-state index in [9.17, 15) is 18.1 Å². The van der Waals surface area contributed by atoms with Crippen molar-refractivity contribution in [3.63, 3.8) is 0 Å². The highest BCUT2D eigenvalue weighted by Crippen LogP contribution is 2.60. The van der Waals surface area contributed by atoms with Gasteiger partial charge in [-0.05, 0) is 47.8 Å². The molecule has 0 radical (unpaired) electrons. The molecule has 0 amide bonds. The van der Waals surface area contributed by atoms with E-state index in [0.29, 0.717) is 11.5 Å². The van der Waals surface area contributed by atoms with Crippen molar-refractivity contribution in [1.29, 1.82) is 0 Å². The van der Waals surface area contributed by atoms with E-state index in [1.54, 1.807) is 6.92 Å². The minimum atomic E-state index is -4.72. The highest BCUT2D eigenvalue weighted by molar-refractivity contribution is 7.86. The Hall–Kier alpha value is -1.47. The van der Waals surface area contributed by atoms with Crippen molar-refractivity contribution in [3.05, 3.63) is 11.1 Å². The Labute approximate surface area is 195 Å². The van der Waals surface area contributed by atoms with Gasteiger partial charge in [-0.15, -0.1) is 0 Å². The third-order valence-corrected chi connectivity index (χ3v) is 6.96. The van der Waals surface area contributed by atoms with Crippen molar-refractivity contribution in [3.8, 4) is 17.2 Å². The van der Waals surface area contributed by atoms with Crippen LogP contribution in [0.3, 0.4) is 0 Å². The first-order valence-corrected chi connectivity index (χ1v) is 12.6. The summed E-state index contributed by atoms with van der Waals surface area (Å²) in [5.41, 5.74) is -0.448. The molecule has 0 aromatic heterocycles. The van der Waals surface area contributed by atoms with Crippen LogP contribution >= 0.6 is 0 Å². The predicted molar refractivity (Wildman–Crippen MR) is 130 cm³/mol. The Bertz CT molecular complexity index is 921. The molecule has 0 fully saturated rings. The van der Waals surface area contributed by atoms with Gasteiger partial charge >= 0.3 is 0 Å². The molecule has 1 atom stereocenters. The van der Waals surface area contributed by atoms with E-state index in [1.807, 2.05) is 0 Å². The van der Waals surface area contributed by atoms with Gasteiger partial charge in [0.15, 0.2) is 11.5 Å². The fourth-order valence-corrected chi connectivity index (χ4v) is 7.26. The van der Waals surface area contributed by atoms with Crippen LogP contribution in [-0.2, 0) is 10.1 Å². The van der Waals surface area contributed by atoms with Gasteiger partial charge in [0.2, 0.25) is 0 Å². The molecule has 2 N–H and O–H groups in total. The maximum absolute atomic E-state index is 12.7. The first-order valence-electron chi connectivity index (χ1n) is 11.2. The Morgan fingerprint density at radius 2 is 1.38 bits per heavy atom. The van der Waals surface area contributed by atoms with E-state index in [1.165, 1.54) is 14.2 Å². The quantitative estimate of drug-likeness (QED) is 0.394. The molecule has 0 bridgehead atoms. The van der Waals surface area contributed by atoms with E-state index >= 15 is 0 Å². The lowest BCUT2D eigenvalue weighted by atomic mass is 9.56. The molecule has 1 aromatic rings. The molecule has 0 aliphatic heterocycles. The van der Waals surface area contributed by atoms with Crippen LogP contribution in [0.4, 0.5) is 0 Å². The summed E-state index contributed by atoms with van der Waals surface area (Å²) in [5, 5.41) is 11.4. The molecule has 7 heteroatoms. The summed E-state index contributed by atoms with van der Waals surface area (Å²) in [5.74, 6) is -0.210. The highest BCUT2D eigenvalue weighted by Gasteiger charge is 2.48. The SMILES string of the molecule is COc1c(C)c(OC)c(S(=O)(=O)O)c(C(C(C)(C)CC(C)C)C(C)(C)CC(C)(C)C)c1O. The highest BCUT2D eigenvalue weighted by atomic mass is 32.2. The minimum absolute atomic E-state index is 0.00550. The van der Waals surface area contributed by atoms with Crippen LogP contribution in [0, 0.1) is 29.1 Å². The molecule has 0 saturated heterocycles. The van der Waals surface area contributed by atoms with Gasteiger partial charge in [0.05, 0.1) is 14.2 Å². The summed E-state index contributed by atoms with van der Waals surface area (Å²) in [6.45, 7) is 20.6. The zero-order valence-electron chi connectivity index (χ0n) is 22.0. The Kier molecular flexibility index (Phi) is 8.40. The predicted octanol–water partition coefficient (Wildman–Crippen LogP) is 6.58. The number of ether oxygens (including phenoxy) is 2. The molecular weight excluding hydrogens is 428 g/mol. The molecule has 0 saturated carbocycles. The molecule has 32 heavy (non-hydrogen) atoms. The molecule has 0 aliphatic rings. The molecule has 1 aromatic carbocycles. The average molecular weight is 473 g/mol. The third kappa shape index (κ3) is 6.10. The molecule has 1 rings (SSSR count). The lowest BCUT2D eigenvalue weighted by Gasteiger charge is -2.49. The number of methoxy groups -OCH3 is 2. The molecule has 6 nitrogen and oxygen atoms in total. The number of hydrogen-bond acceptors (Lipinski definition) is 5. The number of rotatable bonds is 9. The van der Waals surface area contributed by atoms with Crippen LogP contribution in [0.25, 0.3) is 0 Å². The standard InChI is InChI=1S/C25H44O6S/c1-15(2)13-24(7,8)22(25(9,10)14-23(4,5)6)17-18(26)19(30-11)16(3)20(31-12)21(17)32(27,28)29/h15,22,26H,13-14H2,1-12H3,(H,27,28,29). The average Bonchev–Trinajstić information content (AvgIpc) is 2.52. The number of phenolic OH excluding ortho intramolecular Hbond substituents is 1. The van der Waals surface area contributed by atoms with E-state index in [4.69, 9.17) is 9.47 Å². The van der Waals surface area contributed by atoms with Crippen LogP contribution in [-0.4, -0.2) is 32.3 Å². The van der Waals surface area contributed by atoms with Crippen molar-refractivity contribution in [2.75, 3.05) is 14.2 Å². The second kappa shape index (κ2) is 9.41. The molecular formula is C25H44O6S. The largest absolute Gasteiger partial charge is 0.504 e. The molecule has 186 valence electrons. The number of aromatic hydroxyl groups is 1. The zero-order valence-corrected chi connectivity index (χ0v) is 22.8. The van der Waals surface area contributed by atoms with Crippen molar-refractivity contribution in [2.24, 2.45) is 22.2 Å². The van der Waals surface area contributed by atoms with Crippen LogP contribution < -0.4 is 9.47 Å². The zero-order chi connectivity index (χ0) is 25.4. The van der Waals surface area contributed by atoms with E-state index in [2.05, 4.69) is 62.3 Å². The van der Waals surface area contributed by atoms with Gasteiger partial charge in [-0.3, -0.25) is 4.55 Å². The summed E-state index contributed by atoms with van der Waals surface area (Å²) in [6, 6.07) is 0. The summed E-state index contributed by atoms with van der Waals surface area (Å²) in [6.07, 6.45) is 1.54. The van der Waals surface area contributed by atoms with E-state index < -0.39 is 26.9 Å². The first kappa shape index (κ1) is 28.6. The summed E-state index contributed by atoms with van der Waals surface area (Å²) in [4.78, 5) is -0.375. The number of phenols is 1. The lowest BCUT2D eigenvalue weighted by molar-refractivity contribution is 0.0749. The number of benzene rings is 1. The second-order valence-electron chi connectivity index (χ2n) is 12.0. The molecule has 0 heterocycles. The Balaban J connectivity index is 4.28. The van der Waals surface area contributed by atoms with Crippen LogP contribution in [0.2, 0.25) is 0 Å². The Morgan fingerprint density at radius 3 is 1.72 bits per heavy atom. The summed E-state index contributed by atoms with van der Waals surface area (Å²) < 4.78 is 46.7. The van der Waals surface area contributed by atoms with Crippen molar-refractivity contribution in [1.82, 2.24) is 0 Å². The van der Waals surface area contributed by atoms with Gasteiger partial charge in [-0.1, -0.05) is 62.3 Å². The van der Waals surface area contributed by atoms with Gasteiger partial charge in [0.25, 0.3) is 10.1 Å². The van der Waals surface area contributed by atoms with Crippen LogP contribution in [0.5, 0.6) is 17.2 Å². The van der Waals surface area contributed by atoms with Crippen LogP contribution in [0.1, 0.15) is 92.2 Å². The summed E-state index contributed by atoms with van der Waals surface area (Å²) in [7, 11) is -1.95. The minimum Gasteiger partial charge on any atom is -0.504 e. The molecule has 0 aliphatic carbocycles. The monoisotopic (exact) mass is 472 g/mol. The molecule has 0 spiro atoms. The normalized spacial score (nSPS) is 14.6. The van der Waals surface area contributed by atoms with Gasteiger partial charge in [0.1, 0.15) is 10.6 Å². The van der Waals surface area contributed by atoms with Crippen molar-refractivity contribution >= 4 is 10.1 Å².